The lowest BCUT2D eigenvalue weighted by Crippen LogP contribution is -2.64. The van der Waals surface area contributed by atoms with Gasteiger partial charge in [0.25, 0.3) is 0 Å². The number of carbonyl (C=O) groups is 8. The number of halogens is 15. The number of hydrogen-bond donors (Lipinski definition) is 2. The number of nitrogens with zero attached hydrogens (tertiary/aromatic N) is 3. The van der Waals surface area contributed by atoms with Crippen molar-refractivity contribution in [3.63, 3.8) is 0 Å². The Labute approximate surface area is 873 Å². The summed E-state index contributed by atoms with van der Waals surface area (Å²) in [5.74, 6) is -0.205. The Morgan fingerprint density at radius 2 is 0.735 bits per heavy atom. The van der Waals surface area contributed by atoms with Crippen LogP contribution in [0.3, 0.4) is 0 Å². The second-order valence-corrected chi connectivity index (χ2v) is 47.1. The Balaban J connectivity index is 0.000000208. The molecule has 3 saturated carbocycles. The van der Waals surface area contributed by atoms with E-state index in [1.165, 1.54) is 53.7 Å². The monoisotopic (exact) mass is 2360 g/mol. The van der Waals surface area contributed by atoms with Crippen molar-refractivity contribution in [2.24, 2.45) is 17.1 Å². The fraction of sp³-hybridized carbons (Fsp3) is 0.446. The van der Waals surface area contributed by atoms with Crippen molar-refractivity contribution in [2.45, 2.75) is 243 Å². The molecule has 0 aromatic heterocycles. The minimum Gasteiger partial charge on any atom is -0.481 e. The Kier molecular flexibility index (Phi) is 41.2. The van der Waals surface area contributed by atoms with Crippen molar-refractivity contribution in [2.75, 3.05) is 44.2 Å². The van der Waals surface area contributed by atoms with Gasteiger partial charge in [-0.15, -0.1) is 0 Å². The van der Waals surface area contributed by atoms with Gasteiger partial charge in [-0.25, -0.2) is 0 Å². The van der Waals surface area contributed by atoms with E-state index in [9.17, 15) is 38.4 Å². The number of esters is 3. The molecule has 2 amide bonds. The van der Waals surface area contributed by atoms with E-state index in [1.807, 2.05) is 141 Å². The molecule has 3 heterocycles. The SMILES string of the molecule is CC(C)(C(=O)Cl)c1ccc(Cl)cc1Br.CC1(C)C(=O)N(C2(C)CC(N)C2)c2cc(Cl)ccc21.CC1(C)C(=O)N(C2(C)CC(N3CCCCC3)C2)c2cc(Cl)ccc21.CC1CC(C)(CC(=O)C(C)(C)c2ccc(Cl)cc2Br)C1.COC(=O)C(C)(C)c1ccc(Cl)cc1Br.COC(=O)C(C)(C)c1ccc(Cl)cc1Br.COC(=O)Cc1ccc(Cl)cc1Br.O=C(O)Cc1ccc(Cl)cc1Br. The van der Waals surface area contributed by atoms with E-state index < -0.39 is 38.5 Å². The highest BCUT2D eigenvalue weighted by Gasteiger charge is 2.57. The van der Waals surface area contributed by atoms with E-state index in [4.69, 9.17) is 125 Å². The zero-order chi connectivity index (χ0) is 99.4. The smallest absolute Gasteiger partial charge is 0.315 e. The number of anilines is 2. The summed E-state index contributed by atoms with van der Waals surface area (Å²) in [5.41, 5.74) is 11.7. The van der Waals surface area contributed by atoms with Gasteiger partial charge in [-0.1, -0.05) is 257 Å². The number of methoxy groups -OCH3 is 3. The Morgan fingerprint density at radius 1 is 0.424 bits per heavy atom. The summed E-state index contributed by atoms with van der Waals surface area (Å²) in [6, 6.07) is 44.4. The molecule has 0 spiro atoms. The number of rotatable bonds is 17. The van der Waals surface area contributed by atoms with Crippen LogP contribution in [-0.4, -0.2) is 114 Å². The summed E-state index contributed by atoms with van der Waals surface area (Å²) in [6.45, 7) is 34.1. The van der Waals surface area contributed by atoms with Crippen LogP contribution in [0.25, 0.3) is 0 Å². The summed E-state index contributed by atoms with van der Waals surface area (Å²) in [5, 5.41) is 13.3. The number of Topliss-reactive ketones (excluding diaryl/α,β-unsaturated/α-hetero) is 1. The van der Waals surface area contributed by atoms with Crippen LogP contribution in [0, 0.1) is 11.3 Å². The molecule has 3 N–H and O–H groups in total. The van der Waals surface area contributed by atoms with Gasteiger partial charge >= 0.3 is 23.9 Å². The van der Waals surface area contributed by atoms with Crippen molar-refractivity contribution >= 4 is 258 Å². The molecule has 3 aliphatic carbocycles. The number of fused-ring (bicyclic) bond motifs is 2. The summed E-state index contributed by atoms with van der Waals surface area (Å²) in [7, 11) is 4.13. The van der Waals surface area contributed by atoms with Crippen LogP contribution in [0.4, 0.5) is 11.4 Å². The number of hydrogen-bond acceptors (Lipinski definition) is 13. The van der Waals surface area contributed by atoms with Gasteiger partial charge < -0.3 is 39.8 Å². The molecule has 0 unspecified atom stereocenters. The molecular formula is C101H115Br6Cl9N4O12. The summed E-state index contributed by atoms with van der Waals surface area (Å²) in [4.78, 5) is 101. The van der Waals surface area contributed by atoms with Gasteiger partial charge in [0.2, 0.25) is 17.1 Å². The van der Waals surface area contributed by atoms with Crippen molar-refractivity contribution in [3.05, 3.63) is 257 Å². The van der Waals surface area contributed by atoms with Crippen LogP contribution in [0.5, 0.6) is 0 Å². The zero-order valence-electron chi connectivity index (χ0n) is 77.5. The van der Waals surface area contributed by atoms with Crippen LogP contribution in [0.2, 0.25) is 40.2 Å². The topological polar surface area (TPSA) is 220 Å². The van der Waals surface area contributed by atoms with E-state index in [1.54, 1.807) is 92.7 Å². The lowest BCUT2D eigenvalue weighted by atomic mass is 9.60. The van der Waals surface area contributed by atoms with E-state index in [0.717, 1.165) is 127 Å². The van der Waals surface area contributed by atoms with Crippen molar-refractivity contribution < 1.29 is 57.7 Å². The fourth-order valence-electron chi connectivity index (χ4n) is 17.5. The Hall–Kier alpha value is -4.67. The quantitative estimate of drug-likeness (QED) is 0.0492. The first-order valence-electron chi connectivity index (χ1n) is 42.8. The third-order valence-electron chi connectivity index (χ3n) is 25.2. The lowest BCUT2D eigenvalue weighted by molar-refractivity contribution is -0.147. The number of ether oxygens (including phenoxy) is 3. The summed E-state index contributed by atoms with van der Waals surface area (Å²) < 4.78 is 19.0. The zero-order valence-corrected chi connectivity index (χ0v) is 93.8. The number of benzene rings is 8. The highest BCUT2D eigenvalue weighted by molar-refractivity contribution is 9.11. The number of carbonyl (C=O) groups excluding carboxylic acids is 7. The maximum absolute atomic E-state index is 13.2. The molecule has 31 heteroatoms. The number of likely N-dealkylation sites (tertiary alicyclic amines) is 1. The largest absolute Gasteiger partial charge is 0.481 e. The summed E-state index contributed by atoms with van der Waals surface area (Å²) in [6.07, 6.45) is 11.1. The first kappa shape index (κ1) is 114. The normalized spacial score (nSPS) is 20.2. The van der Waals surface area contributed by atoms with Crippen LogP contribution in [0.15, 0.2) is 172 Å². The lowest BCUT2D eigenvalue weighted by Gasteiger charge is -2.55. The van der Waals surface area contributed by atoms with Crippen LogP contribution < -0.4 is 15.5 Å². The van der Waals surface area contributed by atoms with Crippen LogP contribution in [-0.2, 0) is 97.9 Å². The molecule has 16 nitrogen and oxygen atoms in total. The van der Waals surface area contributed by atoms with Gasteiger partial charge in [-0.2, -0.15) is 0 Å². The molecule has 0 bridgehead atoms. The van der Waals surface area contributed by atoms with E-state index >= 15 is 0 Å². The summed E-state index contributed by atoms with van der Waals surface area (Å²) >= 11 is 73.0. The molecule has 8 aromatic carbocycles. The van der Waals surface area contributed by atoms with Crippen molar-refractivity contribution in [1.29, 1.82) is 0 Å². The van der Waals surface area contributed by atoms with E-state index in [2.05, 4.69) is 138 Å². The maximum atomic E-state index is 13.2. The number of ketones is 1. The van der Waals surface area contributed by atoms with Crippen LogP contribution >= 0.6 is 200 Å². The molecule has 3 aliphatic heterocycles. The molecule has 716 valence electrons. The number of amides is 2. The molecular weight excluding hydrogens is 2260 g/mol. The molecule has 8 aromatic rings. The number of piperidine rings is 1. The van der Waals surface area contributed by atoms with Gasteiger partial charge in [-0.05, 0) is 326 Å². The number of aliphatic carboxylic acids is 1. The maximum Gasteiger partial charge on any atom is 0.315 e. The van der Waals surface area contributed by atoms with Crippen molar-refractivity contribution in [3.8, 4) is 0 Å². The predicted molar refractivity (Wildman–Crippen MR) is 561 cm³/mol. The molecule has 132 heavy (non-hydrogen) atoms. The molecule has 1 saturated heterocycles. The molecule has 14 rings (SSSR count). The predicted octanol–water partition coefficient (Wildman–Crippen LogP) is 29.8. The molecule has 4 fully saturated rings. The minimum atomic E-state index is -0.849. The fourth-order valence-corrected chi connectivity index (χ4v) is 24.3. The molecule has 0 radical (unpaired) electrons. The highest BCUT2D eigenvalue weighted by atomic mass is 79.9. The first-order chi connectivity index (χ1) is 61.1. The second-order valence-electron chi connectivity index (χ2n) is 38.1. The standard InChI is InChI=1S/C20H27ClN2O.C17H22BrClO.C15H19ClN2O.2C11H12BrClO2.C10H9BrCl2O.C9H8BrClO2.C8H6BrClO2/c1-19(2)16-8-7-14(21)11-17(16)23(18(19)24)20(3)12-15(13-20)22-9-5-4-6-10-22;1-11-8-17(4,9-11)10-15(20)16(2,3)13-6-5-12(19)7-14(13)18;1-14(2)11-5-4-9(16)6-12(11)18(13(14)19)15(3)7-10(17)8-15;2*1-11(2,10(14)15-3)8-5-4-7(13)6-9(8)12;1-10(2,9(13)14)7-4-3-6(12)5-8(7)11;1-13-9(12)4-6-2-3-7(11)5-8(6)10;9-7-4-6(10)2-1-5(7)3-8(11)12/h7-8,11,15H,4-6,9-10,12-13H2,1-3H3;5-7,11H,8-10H2,1-4H3;4-6,10H,7-8,17H2,1-3H3;2*4-6H,1-3H3;3-5H,1-2H3;2-3,5H,4H2,1H3;1-2,4H,3H2,(H,11,12). The van der Waals surface area contributed by atoms with E-state index in [0.29, 0.717) is 58.4 Å². The second kappa shape index (κ2) is 47.5. The van der Waals surface area contributed by atoms with Gasteiger partial charge in [0.15, 0.2) is 0 Å². The third kappa shape index (κ3) is 28.6. The minimum absolute atomic E-state index is 0.0117. The van der Waals surface area contributed by atoms with Crippen molar-refractivity contribution in [1.82, 2.24) is 4.90 Å². The van der Waals surface area contributed by atoms with Crippen LogP contribution in [0.1, 0.15) is 219 Å². The highest BCUT2D eigenvalue weighted by Crippen LogP contribution is 2.55. The number of nitrogens with two attached hydrogens (primary N) is 1. The van der Waals surface area contributed by atoms with Gasteiger partial charge in [-0.3, -0.25) is 38.4 Å². The third-order valence-corrected chi connectivity index (χ3v) is 31.6. The molecule has 0 atom stereocenters. The average Bonchev–Trinajstić information content (AvgIpc) is 1.56. The average molecular weight is 2380 g/mol. The molecule has 6 aliphatic rings. The number of carboxylic acids is 1. The van der Waals surface area contributed by atoms with Gasteiger partial charge in [0, 0.05) is 102 Å². The number of carboxylic acid groups (broad SMARTS) is 1. The Bertz CT molecular complexity index is 5480. The first-order valence-corrected chi connectivity index (χ1v) is 50.9. The van der Waals surface area contributed by atoms with E-state index in [-0.39, 0.29) is 70.3 Å². The van der Waals surface area contributed by atoms with Gasteiger partial charge in [0.05, 0.1) is 72.6 Å². The Morgan fingerprint density at radius 3 is 1.05 bits per heavy atom. The van der Waals surface area contributed by atoms with Gasteiger partial charge in [0.1, 0.15) is 5.78 Å².